The lowest BCUT2D eigenvalue weighted by atomic mass is 10.0. The van der Waals surface area contributed by atoms with Crippen LogP contribution in [0, 0.1) is 23.7 Å². The van der Waals surface area contributed by atoms with Crippen LogP contribution in [0.5, 0.6) is 0 Å². The summed E-state index contributed by atoms with van der Waals surface area (Å²) in [5.41, 5.74) is 16.9. The number of amides is 9. The van der Waals surface area contributed by atoms with Crippen molar-refractivity contribution < 1.29 is 53.1 Å². The zero-order valence-corrected chi connectivity index (χ0v) is 45.4. The van der Waals surface area contributed by atoms with Crippen molar-refractivity contribution in [1.29, 1.82) is 0 Å². The number of thiol groups is 1. The third-order valence-electron chi connectivity index (χ3n) is 11.8. The van der Waals surface area contributed by atoms with Gasteiger partial charge >= 0.3 is 5.97 Å². The minimum atomic E-state index is -1.37. The fourth-order valence-electron chi connectivity index (χ4n) is 8.23. The molecule has 1 aromatic heterocycles. The smallest absolute Gasteiger partial charge is 0.326 e. The number of carboxylic acid groups (broad SMARTS) is 1. The van der Waals surface area contributed by atoms with Crippen molar-refractivity contribution in [3.8, 4) is 0 Å². The number of hydrogen-bond donors (Lipinski definition) is 14. The van der Waals surface area contributed by atoms with Crippen LogP contribution >= 0.6 is 12.6 Å². The van der Waals surface area contributed by atoms with Gasteiger partial charge < -0.3 is 74.7 Å². The highest BCUT2D eigenvalue weighted by Crippen LogP contribution is 2.21. The van der Waals surface area contributed by atoms with E-state index in [0.29, 0.717) is 25.0 Å². The lowest BCUT2D eigenvalue weighted by Gasteiger charge is -2.31. The number of carbonyl (C=O) groups excluding carboxylic acids is 9. The molecule has 1 fully saturated rings. The van der Waals surface area contributed by atoms with Crippen LogP contribution in [0.25, 0.3) is 0 Å². The van der Waals surface area contributed by atoms with Crippen molar-refractivity contribution in [1.82, 2.24) is 57.4 Å². The van der Waals surface area contributed by atoms with Crippen molar-refractivity contribution in [2.75, 3.05) is 31.9 Å². The quantitative estimate of drug-likeness (QED) is 0.0152. The number of carboxylic acids is 1. The predicted octanol–water partition coefficient (Wildman–Crippen LogP) is -2.34. The number of aromatic amines is 1. The molecule has 1 aromatic rings. The zero-order chi connectivity index (χ0) is 56.5. The number of imidazole rings is 1. The van der Waals surface area contributed by atoms with Gasteiger partial charge in [0.2, 0.25) is 53.2 Å². The Labute approximate surface area is 444 Å². The molecule has 0 unspecified atom stereocenters. The van der Waals surface area contributed by atoms with Gasteiger partial charge in [-0.25, -0.2) is 9.78 Å². The molecule has 0 bridgehead atoms. The molecule has 2 heterocycles. The Morgan fingerprint density at radius 3 is 1.73 bits per heavy atom. The second kappa shape index (κ2) is 32.7. The maximum atomic E-state index is 14.3. The van der Waals surface area contributed by atoms with Gasteiger partial charge in [0.1, 0.15) is 48.3 Å². The molecule has 0 aliphatic carbocycles. The number of carbonyl (C=O) groups is 10. The highest BCUT2D eigenvalue weighted by molar-refractivity contribution is 7.80. The number of rotatable bonds is 33. The van der Waals surface area contributed by atoms with Gasteiger partial charge in [-0.2, -0.15) is 12.6 Å². The molecule has 2 rings (SSSR count). The average molecular weight is 1080 g/mol. The summed E-state index contributed by atoms with van der Waals surface area (Å²) in [4.78, 5) is 146. The molecule has 27 heteroatoms. The Morgan fingerprint density at radius 1 is 0.693 bits per heavy atom. The zero-order valence-electron chi connectivity index (χ0n) is 44.5. The standard InChI is InChI=1S/C48H83N15O11S/c1-25(2)15-31(42(68)62-35(47(73)74)18-28(7)8)59-44(70)36(23-75)57-39(65)22-54-40(66)30(11-9-13-53-48(50)51)58-43(69)33(19-29-21-52-24-55-29)60-41(67)32(16-26(3)4)61-45(71)37-12-10-14-63(37)46(72)34(17-27(5)6)56-38(64)20-49/h21,24-28,30-37,75H,9-20,22-23,49H2,1-8H3,(H,52,55)(H,54,66)(H,56,64)(H,57,65)(H,58,69)(H,59,70)(H,60,67)(H,61,71)(H,62,68)(H,73,74)(H4,50,51,53)/t30-,31-,32-,33-,34-,35-,36-,37-/m0/s1. The van der Waals surface area contributed by atoms with E-state index in [2.05, 4.69) is 70.1 Å². The van der Waals surface area contributed by atoms with E-state index in [9.17, 15) is 53.1 Å². The Kier molecular flexibility index (Phi) is 28.2. The maximum Gasteiger partial charge on any atom is 0.326 e. The number of guanidine groups is 1. The average Bonchev–Trinajstić information content (AvgIpc) is 4.04. The topological polar surface area (TPSA) is 410 Å². The molecule has 16 N–H and O–H groups in total. The third-order valence-corrected chi connectivity index (χ3v) is 12.2. The first kappa shape index (κ1) is 64.6. The lowest BCUT2D eigenvalue weighted by Crippen LogP contribution is -2.60. The van der Waals surface area contributed by atoms with Crippen LogP contribution in [0.4, 0.5) is 0 Å². The van der Waals surface area contributed by atoms with E-state index in [1.165, 1.54) is 17.4 Å². The Balaban J connectivity index is 2.31. The number of likely N-dealkylation sites (tertiary alicyclic amines) is 1. The molecule has 8 atom stereocenters. The Hall–Kier alpha value is -6.51. The third kappa shape index (κ3) is 23.7. The molecule has 1 aliphatic heterocycles. The van der Waals surface area contributed by atoms with E-state index < -0.39 is 114 Å². The lowest BCUT2D eigenvalue weighted by molar-refractivity contribution is -0.143. The monoisotopic (exact) mass is 1080 g/mol. The fraction of sp³-hybridized carbons (Fsp3) is 0.708. The molecule has 422 valence electrons. The summed E-state index contributed by atoms with van der Waals surface area (Å²) in [5.74, 6) is -8.24. The number of hydrogen-bond acceptors (Lipinski definition) is 14. The first-order chi connectivity index (χ1) is 35.3. The van der Waals surface area contributed by atoms with E-state index in [1.807, 2.05) is 41.5 Å². The van der Waals surface area contributed by atoms with Crippen LogP contribution in [-0.2, 0) is 54.4 Å². The van der Waals surface area contributed by atoms with Gasteiger partial charge in [0, 0.05) is 37.2 Å². The number of H-pyrrole nitrogens is 1. The molecule has 1 aliphatic rings. The van der Waals surface area contributed by atoms with Crippen molar-refractivity contribution in [3.63, 3.8) is 0 Å². The number of aromatic nitrogens is 2. The van der Waals surface area contributed by atoms with Crippen molar-refractivity contribution in [2.45, 2.75) is 162 Å². The highest BCUT2D eigenvalue weighted by atomic mass is 32.1. The van der Waals surface area contributed by atoms with Gasteiger partial charge in [-0.05, 0) is 75.0 Å². The van der Waals surface area contributed by atoms with Gasteiger partial charge in [-0.1, -0.05) is 55.4 Å². The summed E-state index contributed by atoms with van der Waals surface area (Å²) in [7, 11) is 0. The number of aliphatic carboxylic acids is 1. The minimum absolute atomic E-state index is 0.0215. The van der Waals surface area contributed by atoms with Gasteiger partial charge in [0.15, 0.2) is 5.96 Å². The van der Waals surface area contributed by atoms with Crippen molar-refractivity contribution in [3.05, 3.63) is 18.2 Å². The van der Waals surface area contributed by atoms with E-state index in [1.54, 1.807) is 13.8 Å². The molecule has 0 spiro atoms. The number of nitrogens with zero attached hydrogens (tertiary/aromatic N) is 3. The van der Waals surface area contributed by atoms with Crippen molar-refractivity contribution in [2.24, 2.45) is 45.9 Å². The maximum absolute atomic E-state index is 14.3. The molecular formula is C48H83N15O11S. The molecule has 0 radical (unpaired) electrons. The SMILES string of the molecule is CC(C)C[C@H](NC(=O)[C@H](CC(C)C)NC(=O)[C@H](CS)NC(=O)CNC(=O)[C@H](CCCN=C(N)N)NC(=O)[C@H](Cc1cnc[nH]1)NC(=O)[C@H](CC(C)C)NC(=O)[C@@H]1CCCN1C(=O)[C@H](CC(C)C)NC(=O)CN)C(=O)O. The van der Waals surface area contributed by atoms with Crippen LogP contribution in [0.3, 0.4) is 0 Å². The first-order valence-electron chi connectivity index (χ1n) is 25.5. The van der Waals surface area contributed by atoms with Gasteiger partial charge in [0.25, 0.3) is 0 Å². The van der Waals surface area contributed by atoms with Gasteiger partial charge in [-0.15, -0.1) is 0 Å². The largest absolute Gasteiger partial charge is 0.480 e. The number of aliphatic imine (C=N–C) groups is 1. The van der Waals surface area contributed by atoms with Gasteiger partial charge in [-0.3, -0.25) is 48.1 Å². The number of nitrogens with two attached hydrogens (primary N) is 3. The van der Waals surface area contributed by atoms with Crippen LogP contribution in [-0.4, -0.2) is 165 Å². The Bertz CT molecular complexity index is 2100. The van der Waals surface area contributed by atoms with Crippen LogP contribution in [0.2, 0.25) is 0 Å². The summed E-state index contributed by atoms with van der Waals surface area (Å²) >= 11 is 4.21. The highest BCUT2D eigenvalue weighted by Gasteiger charge is 2.40. The van der Waals surface area contributed by atoms with Gasteiger partial charge in [0.05, 0.1) is 19.4 Å². The fourth-order valence-corrected chi connectivity index (χ4v) is 8.49. The first-order valence-corrected chi connectivity index (χ1v) is 26.1. The second-order valence-electron chi connectivity index (χ2n) is 20.4. The van der Waals surface area contributed by atoms with E-state index >= 15 is 0 Å². The molecule has 9 amide bonds. The van der Waals surface area contributed by atoms with Crippen LogP contribution in [0.15, 0.2) is 17.5 Å². The minimum Gasteiger partial charge on any atom is -0.480 e. The molecule has 75 heavy (non-hydrogen) atoms. The van der Waals surface area contributed by atoms with Crippen LogP contribution in [0.1, 0.15) is 112 Å². The summed E-state index contributed by atoms with van der Waals surface area (Å²) in [6.07, 6.45) is 4.30. The van der Waals surface area contributed by atoms with Crippen molar-refractivity contribution >= 4 is 77.7 Å². The predicted molar refractivity (Wildman–Crippen MR) is 282 cm³/mol. The Morgan fingerprint density at radius 2 is 1.20 bits per heavy atom. The molecular weight excluding hydrogens is 995 g/mol. The number of nitrogens with one attached hydrogen (secondary N) is 9. The summed E-state index contributed by atoms with van der Waals surface area (Å²) in [6, 6.07) is -9.40. The molecule has 0 saturated carbocycles. The van der Waals surface area contributed by atoms with E-state index in [0.717, 1.165) is 0 Å². The van der Waals surface area contributed by atoms with E-state index in [-0.39, 0.29) is 93.5 Å². The molecule has 1 saturated heterocycles. The molecule has 0 aromatic carbocycles. The van der Waals surface area contributed by atoms with E-state index in [4.69, 9.17) is 17.2 Å². The summed E-state index contributed by atoms with van der Waals surface area (Å²) < 4.78 is 0. The summed E-state index contributed by atoms with van der Waals surface area (Å²) in [5, 5.41) is 30.5. The second-order valence-corrected chi connectivity index (χ2v) is 20.8. The molecule has 26 nitrogen and oxygen atoms in total. The summed E-state index contributed by atoms with van der Waals surface area (Å²) in [6.45, 7) is 14.0. The normalized spacial score (nSPS) is 16.1. The van der Waals surface area contributed by atoms with Crippen LogP contribution < -0.4 is 59.7 Å².